The van der Waals surface area contributed by atoms with Crippen molar-refractivity contribution in [2.75, 3.05) is 12.8 Å². The molecule has 0 amide bonds. The van der Waals surface area contributed by atoms with Crippen molar-refractivity contribution in [3.05, 3.63) is 47.9 Å². The van der Waals surface area contributed by atoms with Gasteiger partial charge in [0.25, 0.3) is 0 Å². The number of methoxy groups -OCH3 is 1. The molecule has 2 N–H and O–H groups in total. The lowest BCUT2D eigenvalue weighted by Crippen LogP contribution is -2.16. The molecular weight excluding hydrogens is 288 g/mol. The summed E-state index contributed by atoms with van der Waals surface area (Å²) in [4.78, 5) is 8.67. The third-order valence-electron chi connectivity index (χ3n) is 4.74. The van der Waals surface area contributed by atoms with E-state index in [1.807, 2.05) is 12.1 Å². The zero-order valence-electron chi connectivity index (χ0n) is 13.2. The van der Waals surface area contributed by atoms with Crippen LogP contribution < -0.4 is 10.5 Å². The van der Waals surface area contributed by atoms with E-state index in [1.165, 1.54) is 30.4 Å². The topological polar surface area (TPSA) is 66.0 Å². The van der Waals surface area contributed by atoms with Crippen LogP contribution in [0.5, 0.6) is 5.75 Å². The second kappa shape index (κ2) is 5.57. The largest absolute Gasteiger partial charge is 0.497 e. The van der Waals surface area contributed by atoms with E-state index in [0.29, 0.717) is 11.9 Å². The number of hydrogen-bond acceptors (Lipinski definition) is 4. The van der Waals surface area contributed by atoms with E-state index in [2.05, 4.69) is 32.9 Å². The Kier molecular flexibility index (Phi) is 3.41. The van der Waals surface area contributed by atoms with E-state index >= 15 is 0 Å². The first-order valence-corrected chi connectivity index (χ1v) is 7.99. The fraction of sp³-hybridized carbons (Fsp3) is 0.333. The van der Waals surface area contributed by atoms with Crippen molar-refractivity contribution < 1.29 is 4.74 Å². The van der Waals surface area contributed by atoms with Gasteiger partial charge in [-0.2, -0.15) is 0 Å². The Morgan fingerprint density at radius 3 is 2.65 bits per heavy atom. The molecule has 2 aromatic heterocycles. The Bertz CT molecular complexity index is 834. The van der Waals surface area contributed by atoms with E-state index in [4.69, 9.17) is 10.5 Å². The van der Waals surface area contributed by atoms with Gasteiger partial charge in [-0.15, -0.1) is 0 Å². The number of nitrogens with zero attached hydrogens (tertiary/aromatic N) is 3. The second-order valence-corrected chi connectivity index (χ2v) is 6.13. The third kappa shape index (κ3) is 2.42. The molecule has 4 rings (SSSR count). The summed E-state index contributed by atoms with van der Waals surface area (Å²) in [6, 6.07) is 8.70. The number of rotatable bonds is 4. The molecule has 0 aliphatic heterocycles. The molecule has 0 bridgehead atoms. The highest BCUT2D eigenvalue weighted by Crippen LogP contribution is 2.37. The molecule has 0 unspecified atom stereocenters. The number of anilines is 1. The molecule has 5 nitrogen and oxygen atoms in total. The third-order valence-corrected chi connectivity index (χ3v) is 4.74. The SMILES string of the molecule is COc1ccc(Cc2cn(C3CCC3)c3ncnc(N)c23)cc1. The van der Waals surface area contributed by atoms with Crippen molar-refractivity contribution in [2.45, 2.75) is 31.7 Å². The molecule has 1 aromatic carbocycles. The lowest BCUT2D eigenvalue weighted by molar-refractivity contribution is 0.320. The lowest BCUT2D eigenvalue weighted by atomic mass is 9.93. The molecule has 1 saturated carbocycles. The Hall–Kier alpha value is -2.56. The van der Waals surface area contributed by atoms with Gasteiger partial charge in [0.1, 0.15) is 23.5 Å². The first-order valence-electron chi connectivity index (χ1n) is 7.99. The predicted octanol–water partition coefficient (Wildman–Crippen LogP) is 3.34. The van der Waals surface area contributed by atoms with E-state index in [0.717, 1.165) is 23.2 Å². The summed E-state index contributed by atoms with van der Waals surface area (Å²) in [6.45, 7) is 0. The number of benzene rings is 1. The zero-order valence-corrected chi connectivity index (χ0v) is 13.2. The average Bonchev–Trinajstić information content (AvgIpc) is 2.86. The summed E-state index contributed by atoms with van der Waals surface area (Å²) in [5.74, 6) is 1.44. The number of hydrogen-bond donors (Lipinski definition) is 1. The van der Waals surface area contributed by atoms with Gasteiger partial charge >= 0.3 is 0 Å². The molecule has 1 aliphatic rings. The van der Waals surface area contributed by atoms with Crippen LogP contribution in [-0.2, 0) is 6.42 Å². The quantitative estimate of drug-likeness (QED) is 0.803. The van der Waals surface area contributed by atoms with Crippen LogP contribution >= 0.6 is 0 Å². The van der Waals surface area contributed by atoms with Crippen LogP contribution in [0, 0.1) is 0 Å². The maximum absolute atomic E-state index is 6.14. The highest BCUT2D eigenvalue weighted by Gasteiger charge is 2.24. The van der Waals surface area contributed by atoms with Gasteiger partial charge in [-0.25, -0.2) is 9.97 Å². The average molecular weight is 308 g/mol. The number of ether oxygens (including phenoxy) is 1. The first kappa shape index (κ1) is 14.1. The summed E-state index contributed by atoms with van der Waals surface area (Å²) in [5.41, 5.74) is 9.52. The van der Waals surface area contributed by atoms with Gasteiger partial charge in [0.2, 0.25) is 0 Å². The molecule has 3 aromatic rings. The summed E-state index contributed by atoms with van der Waals surface area (Å²) < 4.78 is 7.51. The smallest absolute Gasteiger partial charge is 0.146 e. The maximum Gasteiger partial charge on any atom is 0.146 e. The van der Waals surface area contributed by atoms with Crippen molar-refractivity contribution in [1.82, 2.24) is 14.5 Å². The van der Waals surface area contributed by atoms with Gasteiger partial charge in [0.15, 0.2) is 0 Å². The van der Waals surface area contributed by atoms with Gasteiger partial charge in [-0.05, 0) is 48.9 Å². The van der Waals surface area contributed by atoms with Gasteiger partial charge in [-0.3, -0.25) is 0 Å². The second-order valence-electron chi connectivity index (χ2n) is 6.13. The van der Waals surface area contributed by atoms with Crippen molar-refractivity contribution in [3.63, 3.8) is 0 Å². The molecule has 0 spiro atoms. The predicted molar refractivity (Wildman–Crippen MR) is 90.6 cm³/mol. The molecule has 0 atom stereocenters. The van der Waals surface area contributed by atoms with Crippen LogP contribution in [0.1, 0.15) is 36.4 Å². The van der Waals surface area contributed by atoms with Crippen molar-refractivity contribution in [2.24, 2.45) is 0 Å². The number of aromatic nitrogens is 3. The van der Waals surface area contributed by atoms with Crippen LogP contribution in [-0.4, -0.2) is 21.6 Å². The molecule has 1 aliphatic carbocycles. The Morgan fingerprint density at radius 2 is 2.00 bits per heavy atom. The van der Waals surface area contributed by atoms with Gasteiger partial charge in [0, 0.05) is 12.2 Å². The van der Waals surface area contributed by atoms with E-state index in [-0.39, 0.29) is 0 Å². The van der Waals surface area contributed by atoms with Crippen LogP contribution in [0.4, 0.5) is 5.82 Å². The summed E-state index contributed by atoms with van der Waals surface area (Å²) in [5, 5.41) is 0.996. The molecule has 2 heterocycles. The molecule has 0 radical (unpaired) electrons. The minimum atomic E-state index is 0.552. The van der Waals surface area contributed by atoms with Crippen LogP contribution in [0.25, 0.3) is 11.0 Å². The number of fused-ring (bicyclic) bond motifs is 1. The van der Waals surface area contributed by atoms with E-state index in [1.54, 1.807) is 13.4 Å². The van der Waals surface area contributed by atoms with Crippen molar-refractivity contribution >= 4 is 16.9 Å². The normalized spacial score (nSPS) is 14.8. The Morgan fingerprint density at radius 1 is 1.22 bits per heavy atom. The summed E-state index contributed by atoms with van der Waals surface area (Å²) in [6.07, 6.45) is 8.32. The fourth-order valence-corrected chi connectivity index (χ4v) is 3.23. The summed E-state index contributed by atoms with van der Waals surface area (Å²) >= 11 is 0. The zero-order chi connectivity index (χ0) is 15.8. The lowest BCUT2D eigenvalue weighted by Gasteiger charge is -2.27. The van der Waals surface area contributed by atoms with Crippen molar-refractivity contribution in [3.8, 4) is 5.75 Å². The van der Waals surface area contributed by atoms with Gasteiger partial charge in [0.05, 0.1) is 12.5 Å². The van der Waals surface area contributed by atoms with E-state index in [9.17, 15) is 0 Å². The molecule has 118 valence electrons. The molecule has 5 heteroatoms. The monoisotopic (exact) mass is 308 g/mol. The van der Waals surface area contributed by atoms with Crippen LogP contribution in [0.3, 0.4) is 0 Å². The van der Waals surface area contributed by atoms with Crippen LogP contribution in [0.2, 0.25) is 0 Å². The highest BCUT2D eigenvalue weighted by atomic mass is 16.5. The number of nitrogen functional groups attached to an aromatic ring is 1. The molecule has 23 heavy (non-hydrogen) atoms. The Labute approximate surface area is 135 Å². The van der Waals surface area contributed by atoms with Crippen LogP contribution in [0.15, 0.2) is 36.8 Å². The highest BCUT2D eigenvalue weighted by molar-refractivity contribution is 5.90. The molecular formula is C18H20N4O. The molecule has 0 saturated heterocycles. The fourth-order valence-electron chi connectivity index (χ4n) is 3.23. The first-order chi connectivity index (χ1) is 11.3. The maximum atomic E-state index is 6.14. The van der Waals surface area contributed by atoms with E-state index < -0.39 is 0 Å². The summed E-state index contributed by atoms with van der Waals surface area (Å²) in [7, 11) is 1.68. The number of nitrogens with two attached hydrogens (primary N) is 1. The molecule has 1 fully saturated rings. The van der Waals surface area contributed by atoms with Gasteiger partial charge < -0.3 is 15.0 Å². The minimum absolute atomic E-state index is 0.552. The standard InChI is InChI=1S/C18H20N4O/c1-23-15-7-5-12(6-8-15)9-13-10-22(14-3-2-4-14)18-16(13)17(19)20-11-21-18/h5-8,10-11,14H,2-4,9H2,1H3,(H2,19,20,21). The Balaban J connectivity index is 1.76. The van der Waals surface area contributed by atoms with Gasteiger partial charge in [-0.1, -0.05) is 12.1 Å². The minimum Gasteiger partial charge on any atom is -0.497 e. The van der Waals surface area contributed by atoms with Crippen molar-refractivity contribution in [1.29, 1.82) is 0 Å².